The average molecular weight is 399 g/mol. The Morgan fingerprint density at radius 2 is 1.76 bits per heavy atom. The molecule has 2 atom stereocenters. The van der Waals surface area contributed by atoms with Gasteiger partial charge >= 0.3 is 0 Å². The highest BCUT2D eigenvalue weighted by Gasteiger charge is 2.43. The van der Waals surface area contributed by atoms with Gasteiger partial charge in [-0.2, -0.15) is 9.97 Å². The zero-order valence-corrected chi connectivity index (χ0v) is 16.6. The number of nitrogens with zero attached hydrogens (tertiary/aromatic N) is 4. The molecule has 2 saturated heterocycles. The molecular weight excluding hydrogens is 370 g/mol. The van der Waals surface area contributed by atoms with Crippen molar-refractivity contribution >= 4 is 17.6 Å². The molecule has 2 aromatic rings. The third-order valence-electron chi connectivity index (χ3n) is 5.97. The van der Waals surface area contributed by atoms with Crippen LogP contribution in [0.25, 0.3) is 0 Å². The first kappa shape index (κ1) is 19.9. The lowest BCUT2D eigenvalue weighted by atomic mass is 9.73. The Hall–Kier alpha value is -2.42. The predicted molar refractivity (Wildman–Crippen MR) is 112 cm³/mol. The van der Waals surface area contributed by atoms with Crippen molar-refractivity contribution in [2.75, 3.05) is 61.5 Å². The number of ether oxygens (including phenoxy) is 1. The standard InChI is InChI=1S/C21H29N5O3/c22-20-23-18(25-8-10-29-11-9-25)12-19(24-20)26-7-6-17(28)21(14-26,15-27)13-16-4-2-1-3-5-16/h1-5,12,17,27-28H,6-11,13-15H2,(H2,22,23,24)/t17-,21+/m1/s1. The molecule has 0 radical (unpaired) electrons. The Labute approximate surface area is 170 Å². The van der Waals surface area contributed by atoms with Crippen molar-refractivity contribution in [3.8, 4) is 0 Å². The monoisotopic (exact) mass is 399 g/mol. The van der Waals surface area contributed by atoms with Gasteiger partial charge in [-0.15, -0.1) is 0 Å². The van der Waals surface area contributed by atoms with Crippen molar-refractivity contribution in [2.45, 2.75) is 18.9 Å². The maximum Gasteiger partial charge on any atom is 0.223 e. The minimum absolute atomic E-state index is 0.101. The summed E-state index contributed by atoms with van der Waals surface area (Å²) in [6.07, 6.45) is 0.574. The highest BCUT2D eigenvalue weighted by Crippen LogP contribution is 2.36. The zero-order chi connectivity index (χ0) is 20.3. The largest absolute Gasteiger partial charge is 0.396 e. The van der Waals surface area contributed by atoms with Gasteiger partial charge in [-0.05, 0) is 18.4 Å². The Morgan fingerprint density at radius 1 is 1.07 bits per heavy atom. The lowest BCUT2D eigenvalue weighted by molar-refractivity contribution is -0.0292. The van der Waals surface area contributed by atoms with Crippen LogP contribution in [0.4, 0.5) is 17.6 Å². The molecule has 2 aliphatic heterocycles. The first-order chi connectivity index (χ1) is 14.1. The lowest BCUT2D eigenvalue weighted by Gasteiger charge is -2.46. The molecule has 0 bridgehead atoms. The Bertz CT molecular complexity index is 815. The minimum atomic E-state index is -0.654. The number of aromatic nitrogens is 2. The summed E-state index contributed by atoms with van der Waals surface area (Å²) in [4.78, 5) is 13.1. The quantitative estimate of drug-likeness (QED) is 0.674. The number of aliphatic hydroxyl groups excluding tert-OH is 2. The second-order valence-corrected chi connectivity index (χ2v) is 7.95. The minimum Gasteiger partial charge on any atom is -0.396 e. The highest BCUT2D eigenvalue weighted by molar-refractivity contribution is 5.54. The van der Waals surface area contributed by atoms with E-state index >= 15 is 0 Å². The topological polar surface area (TPSA) is 108 Å². The van der Waals surface area contributed by atoms with Crippen molar-refractivity contribution in [3.05, 3.63) is 42.0 Å². The van der Waals surface area contributed by atoms with Gasteiger partial charge < -0.3 is 30.5 Å². The molecule has 2 aliphatic rings. The molecular formula is C21H29N5O3. The van der Waals surface area contributed by atoms with Gasteiger partial charge in [0.1, 0.15) is 11.6 Å². The van der Waals surface area contributed by atoms with Gasteiger partial charge in [-0.25, -0.2) is 0 Å². The van der Waals surface area contributed by atoms with Crippen molar-refractivity contribution in [1.82, 2.24) is 9.97 Å². The molecule has 1 aromatic heterocycles. The van der Waals surface area contributed by atoms with Crippen LogP contribution in [-0.4, -0.2) is 72.3 Å². The number of nitrogen functional groups attached to an aromatic ring is 1. The molecule has 0 amide bonds. The number of piperidine rings is 1. The maximum atomic E-state index is 10.8. The summed E-state index contributed by atoms with van der Waals surface area (Å²) in [6, 6.07) is 11.9. The molecule has 8 nitrogen and oxygen atoms in total. The summed E-state index contributed by atoms with van der Waals surface area (Å²) in [5, 5.41) is 21.1. The van der Waals surface area contributed by atoms with Gasteiger partial charge in [0.25, 0.3) is 0 Å². The van der Waals surface area contributed by atoms with Crippen LogP contribution in [0.2, 0.25) is 0 Å². The average Bonchev–Trinajstić information content (AvgIpc) is 2.76. The molecule has 4 N–H and O–H groups in total. The first-order valence-electron chi connectivity index (χ1n) is 10.1. The molecule has 29 heavy (non-hydrogen) atoms. The van der Waals surface area contributed by atoms with Gasteiger partial charge in [0, 0.05) is 37.7 Å². The number of morpholine rings is 1. The molecule has 0 aliphatic carbocycles. The maximum absolute atomic E-state index is 10.8. The molecule has 4 rings (SSSR count). The Kier molecular flexibility index (Phi) is 5.84. The van der Waals surface area contributed by atoms with E-state index in [9.17, 15) is 10.2 Å². The fourth-order valence-electron chi connectivity index (χ4n) is 4.29. The van der Waals surface area contributed by atoms with Crippen molar-refractivity contribution < 1.29 is 14.9 Å². The van der Waals surface area contributed by atoms with Crippen LogP contribution in [0, 0.1) is 5.41 Å². The summed E-state index contributed by atoms with van der Waals surface area (Å²) in [7, 11) is 0. The van der Waals surface area contributed by atoms with Gasteiger partial charge in [0.2, 0.25) is 5.95 Å². The van der Waals surface area contributed by atoms with E-state index in [0.29, 0.717) is 39.1 Å². The van der Waals surface area contributed by atoms with E-state index in [2.05, 4.69) is 19.8 Å². The molecule has 3 heterocycles. The second-order valence-electron chi connectivity index (χ2n) is 7.95. The normalized spacial score (nSPS) is 25.2. The summed E-state index contributed by atoms with van der Waals surface area (Å²) in [5.74, 6) is 1.75. The van der Waals surface area contributed by atoms with Crippen LogP contribution in [0.1, 0.15) is 12.0 Å². The van der Waals surface area contributed by atoms with Crippen LogP contribution in [0.15, 0.2) is 36.4 Å². The van der Waals surface area contributed by atoms with Crippen LogP contribution < -0.4 is 15.5 Å². The van der Waals surface area contributed by atoms with E-state index in [1.54, 1.807) is 0 Å². The van der Waals surface area contributed by atoms with E-state index in [1.807, 2.05) is 36.4 Å². The summed E-state index contributed by atoms with van der Waals surface area (Å²) in [5.41, 5.74) is 6.46. The molecule has 0 unspecified atom stereocenters. The van der Waals surface area contributed by atoms with Crippen LogP contribution in [-0.2, 0) is 11.2 Å². The number of aliphatic hydroxyl groups is 2. The van der Waals surface area contributed by atoms with Gasteiger partial charge in [0.05, 0.1) is 25.9 Å². The molecule has 1 aromatic carbocycles. The fraction of sp³-hybridized carbons (Fsp3) is 0.524. The van der Waals surface area contributed by atoms with Crippen molar-refractivity contribution in [2.24, 2.45) is 5.41 Å². The van der Waals surface area contributed by atoms with Crippen LogP contribution in [0.5, 0.6) is 0 Å². The van der Waals surface area contributed by atoms with Crippen molar-refractivity contribution in [1.29, 1.82) is 0 Å². The Balaban J connectivity index is 1.59. The summed E-state index contributed by atoms with van der Waals surface area (Å²) in [6.45, 7) is 3.91. The van der Waals surface area contributed by atoms with Crippen LogP contribution in [0.3, 0.4) is 0 Å². The number of benzene rings is 1. The lowest BCUT2D eigenvalue weighted by Crippen LogP contribution is -2.55. The first-order valence-corrected chi connectivity index (χ1v) is 10.1. The highest BCUT2D eigenvalue weighted by atomic mass is 16.5. The zero-order valence-electron chi connectivity index (χ0n) is 16.6. The third kappa shape index (κ3) is 4.29. The predicted octanol–water partition coefficient (Wildman–Crippen LogP) is 0.688. The number of nitrogens with two attached hydrogens (primary N) is 1. The number of anilines is 3. The van der Waals surface area contributed by atoms with E-state index < -0.39 is 11.5 Å². The summed E-state index contributed by atoms with van der Waals surface area (Å²) >= 11 is 0. The number of rotatable bonds is 5. The van der Waals surface area contributed by atoms with Gasteiger partial charge in [-0.3, -0.25) is 0 Å². The molecule has 0 spiro atoms. The second kappa shape index (κ2) is 8.52. The fourth-order valence-corrected chi connectivity index (χ4v) is 4.29. The molecule has 0 saturated carbocycles. The number of hydrogen-bond donors (Lipinski definition) is 3. The van der Waals surface area contributed by atoms with Crippen molar-refractivity contribution in [3.63, 3.8) is 0 Å². The van der Waals surface area contributed by atoms with E-state index in [1.165, 1.54) is 0 Å². The number of hydrogen-bond acceptors (Lipinski definition) is 8. The van der Waals surface area contributed by atoms with Crippen LogP contribution >= 0.6 is 0 Å². The van der Waals surface area contributed by atoms with E-state index in [-0.39, 0.29) is 12.6 Å². The Morgan fingerprint density at radius 3 is 2.45 bits per heavy atom. The molecule has 2 fully saturated rings. The van der Waals surface area contributed by atoms with Gasteiger partial charge in [0.15, 0.2) is 0 Å². The smallest absolute Gasteiger partial charge is 0.223 e. The SMILES string of the molecule is Nc1nc(N2CCOCC2)cc(N2CC[C@@H](O)[C@@](CO)(Cc3ccccc3)C2)n1. The van der Waals surface area contributed by atoms with E-state index in [4.69, 9.17) is 10.5 Å². The molecule has 156 valence electrons. The third-order valence-corrected chi connectivity index (χ3v) is 5.97. The molecule has 8 heteroatoms. The summed E-state index contributed by atoms with van der Waals surface area (Å²) < 4.78 is 5.43. The van der Waals surface area contributed by atoms with Gasteiger partial charge in [-0.1, -0.05) is 30.3 Å². The van der Waals surface area contributed by atoms with E-state index in [0.717, 1.165) is 30.3 Å².